The summed E-state index contributed by atoms with van der Waals surface area (Å²) in [5, 5.41) is 4.01. The molecule has 2 heterocycles. The van der Waals surface area contributed by atoms with Crippen LogP contribution in [0.2, 0.25) is 0 Å². The maximum Gasteiger partial charge on any atom is 0.268 e. The van der Waals surface area contributed by atoms with E-state index in [-0.39, 0.29) is 6.04 Å². The van der Waals surface area contributed by atoms with Gasteiger partial charge in [0, 0.05) is 4.88 Å². The number of nitrogens with two attached hydrogens (primary N) is 1. The molecule has 1 atom stereocenters. The van der Waals surface area contributed by atoms with Gasteiger partial charge < -0.3 is 10.3 Å². The van der Waals surface area contributed by atoms with E-state index in [1.54, 1.807) is 11.3 Å². The fourth-order valence-electron chi connectivity index (χ4n) is 2.52. The highest BCUT2D eigenvalue weighted by molar-refractivity contribution is 7.15. The lowest BCUT2D eigenvalue weighted by atomic mass is 9.99. The van der Waals surface area contributed by atoms with Gasteiger partial charge in [0.05, 0.1) is 10.9 Å². The maximum absolute atomic E-state index is 6.01. The minimum Gasteiger partial charge on any atom is -0.333 e. The van der Waals surface area contributed by atoms with Gasteiger partial charge in [-0.05, 0) is 43.7 Å². The van der Waals surface area contributed by atoms with Crippen LogP contribution in [-0.4, -0.2) is 10.1 Å². The Bertz CT molecular complexity index is 537. The molecule has 0 saturated heterocycles. The summed E-state index contributed by atoms with van der Waals surface area (Å²) in [5.41, 5.74) is 7.47. The van der Waals surface area contributed by atoms with Gasteiger partial charge in [0.25, 0.3) is 5.89 Å². The van der Waals surface area contributed by atoms with Crippen LogP contribution in [-0.2, 0) is 12.8 Å². The second kappa shape index (κ2) is 5.43. The van der Waals surface area contributed by atoms with Gasteiger partial charge in [-0.3, -0.25) is 0 Å². The van der Waals surface area contributed by atoms with Crippen molar-refractivity contribution in [1.82, 2.24) is 10.1 Å². The van der Waals surface area contributed by atoms with Crippen LogP contribution < -0.4 is 5.73 Å². The summed E-state index contributed by atoms with van der Waals surface area (Å²) in [6, 6.07) is 2.10. The Hall–Kier alpha value is -1.20. The Morgan fingerprint density at radius 1 is 1.42 bits per heavy atom. The third kappa shape index (κ3) is 2.58. The number of aromatic nitrogens is 2. The van der Waals surface area contributed by atoms with E-state index in [0.717, 1.165) is 17.7 Å². The zero-order valence-electron chi connectivity index (χ0n) is 11.2. The normalized spacial score (nSPS) is 16.3. The molecule has 0 bridgehead atoms. The van der Waals surface area contributed by atoms with Crippen molar-refractivity contribution in [2.24, 2.45) is 5.73 Å². The molecule has 0 radical (unpaired) electrons. The molecule has 2 N–H and O–H groups in total. The highest BCUT2D eigenvalue weighted by atomic mass is 32.1. The lowest BCUT2D eigenvalue weighted by Crippen LogP contribution is -2.11. The molecule has 1 aliphatic carbocycles. The zero-order chi connectivity index (χ0) is 13.2. The first-order valence-corrected chi connectivity index (χ1v) is 7.80. The van der Waals surface area contributed by atoms with Gasteiger partial charge in [-0.2, -0.15) is 4.98 Å². The molecular formula is C14H19N3OS. The van der Waals surface area contributed by atoms with E-state index in [0.29, 0.717) is 11.7 Å². The summed E-state index contributed by atoms with van der Waals surface area (Å²) in [4.78, 5) is 7.03. The van der Waals surface area contributed by atoms with Crippen molar-refractivity contribution >= 4 is 11.3 Å². The van der Waals surface area contributed by atoms with E-state index in [9.17, 15) is 0 Å². The molecule has 0 aromatic carbocycles. The summed E-state index contributed by atoms with van der Waals surface area (Å²) in [6.07, 6.45) is 6.87. The highest BCUT2D eigenvalue weighted by Gasteiger charge is 2.19. The van der Waals surface area contributed by atoms with Gasteiger partial charge >= 0.3 is 0 Å². The molecule has 4 nitrogen and oxygen atoms in total. The van der Waals surface area contributed by atoms with Crippen LogP contribution >= 0.6 is 11.3 Å². The van der Waals surface area contributed by atoms with Crippen molar-refractivity contribution in [3.63, 3.8) is 0 Å². The van der Waals surface area contributed by atoms with Crippen molar-refractivity contribution in [3.8, 4) is 10.8 Å². The van der Waals surface area contributed by atoms with E-state index in [1.807, 2.05) is 0 Å². The number of hydrogen-bond acceptors (Lipinski definition) is 5. The fourth-order valence-corrected chi connectivity index (χ4v) is 3.70. The number of rotatable bonds is 4. The Balaban J connectivity index is 1.84. The van der Waals surface area contributed by atoms with Crippen molar-refractivity contribution in [3.05, 3.63) is 22.3 Å². The standard InChI is InChI=1S/C14H19N3OS/c1-2-5-10(15)13-16-14(18-17-13)12-8-9-6-3-4-7-11(9)19-12/h8,10H,2-7,15H2,1H3. The number of hydrogen-bond donors (Lipinski definition) is 1. The molecule has 0 spiro atoms. The Kier molecular flexibility index (Phi) is 3.66. The van der Waals surface area contributed by atoms with Crippen molar-refractivity contribution in [2.75, 3.05) is 0 Å². The topological polar surface area (TPSA) is 64.9 Å². The van der Waals surface area contributed by atoms with Gasteiger partial charge in [0.15, 0.2) is 5.82 Å². The molecule has 0 amide bonds. The van der Waals surface area contributed by atoms with Crippen LogP contribution in [0.25, 0.3) is 10.8 Å². The van der Waals surface area contributed by atoms with Crippen molar-refractivity contribution in [1.29, 1.82) is 0 Å². The second-order valence-electron chi connectivity index (χ2n) is 5.12. The quantitative estimate of drug-likeness (QED) is 0.929. The third-order valence-corrected chi connectivity index (χ3v) is 4.81. The van der Waals surface area contributed by atoms with Crippen LogP contribution in [0.5, 0.6) is 0 Å². The van der Waals surface area contributed by atoms with Crippen LogP contribution in [0.3, 0.4) is 0 Å². The molecule has 0 aliphatic heterocycles. The smallest absolute Gasteiger partial charge is 0.268 e. The van der Waals surface area contributed by atoms with E-state index in [4.69, 9.17) is 10.3 Å². The maximum atomic E-state index is 6.01. The fraction of sp³-hybridized carbons (Fsp3) is 0.571. The van der Waals surface area contributed by atoms with E-state index in [2.05, 4.69) is 23.1 Å². The van der Waals surface area contributed by atoms with Gasteiger partial charge in [-0.1, -0.05) is 18.5 Å². The zero-order valence-corrected chi connectivity index (χ0v) is 12.0. The van der Waals surface area contributed by atoms with Crippen molar-refractivity contribution in [2.45, 2.75) is 51.5 Å². The summed E-state index contributed by atoms with van der Waals surface area (Å²) in [7, 11) is 0. The minimum atomic E-state index is -0.114. The monoisotopic (exact) mass is 277 g/mol. The summed E-state index contributed by atoms with van der Waals surface area (Å²) >= 11 is 1.79. The SMILES string of the molecule is CCCC(N)c1noc(-c2cc3c(s2)CCCC3)n1. The van der Waals surface area contributed by atoms with E-state index >= 15 is 0 Å². The number of aryl methyl sites for hydroxylation is 2. The minimum absolute atomic E-state index is 0.114. The van der Waals surface area contributed by atoms with Gasteiger partial charge in [0.1, 0.15) is 0 Å². The van der Waals surface area contributed by atoms with Gasteiger partial charge in [-0.15, -0.1) is 11.3 Å². The Morgan fingerprint density at radius 3 is 3.05 bits per heavy atom. The number of fused-ring (bicyclic) bond motifs is 1. The second-order valence-corrected chi connectivity index (χ2v) is 6.26. The lowest BCUT2D eigenvalue weighted by molar-refractivity contribution is 0.414. The predicted octanol–water partition coefficient (Wildman–Crippen LogP) is 3.48. The number of thiophene rings is 1. The Labute approximate surface area is 117 Å². The van der Waals surface area contributed by atoms with E-state index < -0.39 is 0 Å². The first kappa shape index (κ1) is 12.8. The largest absolute Gasteiger partial charge is 0.333 e. The first-order valence-electron chi connectivity index (χ1n) is 6.99. The van der Waals surface area contributed by atoms with E-state index in [1.165, 1.54) is 36.1 Å². The molecule has 2 aromatic heterocycles. The molecule has 0 saturated carbocycles. The van der Waals surface area contributed by atoms with Crippen LogP contribution in [0.1, 0.15) is 54.9 Å². The molecular weight excluding hydrogens is 258 g/mol. The molecule has 2 aromatic rings. The molecule has 19 heavy (non-hydrogen) atoms. The summed E-state index contributed by atoms with van der Waals surface area (Å²) in [5.74, 6) is 1.25. The lowest BCUT2D eigenvalue weighted by Gasteiger charge is -2.08. The molecule has 5 heteroatoms. The molecule has 102 valence electrons. The molecule has 3 rings (SSSR count). The number of nitrogens with zero attached hydrogens (tertiary/aromatic N) is 2. The summed E-state index contributed by atoms with van der Waals surface area (Å²) < 4.78 is 5.37. The molecule has 1 unspecified atom stereocenters. The third-order valence-electron chi connectivity index (χ3n) is 3.58. The van der Waals surface area contributed by atoms with Crippen molar-refractivity contribution < 1.29 is 4.52 Å². The van der Waals surface area contributed by atoms with Gasteiger partial charge in [0.2, 0.25) is 0 Å². The average Bonchev–Trinajstić information content (AvgIpc) is 3.05. The van der Waals surface area contributed by atoms with Crippen LogP contribution in [0, 0.1) is 0 Å². The molecule has 0 fully saturated rings. The van der Waals surface area contributed by atoms with Crippen LogP contribution in [0.15, 0.2) is 10.6 Å². The predicted molar refractivity (Wildman–Crippen MR) is 76.1 cm³/mol. The molecule has 1 aliphatic rings. The van der Waals surface area contributed by atoms with Crippen LogP contribution in [0.4, 0.5) is 0 Å². The average molecular weight is 277 g/mol. The highest BCUT2D eigenvalue weighted by Crippen LogP contribution is 2.35. The first-order chi connectivity index (χ1) is 9.28. The van der Waals surface area contributed by atoms with Gasteiger partial charge in [-0.25, -0.2) is 0 Å². The summed E-state index contributed by atoms with van der Waals surface area (Å²) in [6.45, 7) is 2.11. The Morgan fingerprint density at radius 2 is 2.26 bits per heavy atom.